The maximum Gasteiger partial charge on any atom is 0.272 e. The Hall–Kier alpha value is -4.33. The zero-order valence-electron chi connectivity index (χ0n) is 18.3. The van der Waals surface area contributed by atoms with E-state index < -0.39 is 17.6 Å². The molecule has 0 heterocycles. The van der Waals surface area contributed by atoms with Crippen LogP contribution in [0.3, 0.4) is 0 Å². The predicted octanol–water partition coefficient (Wildman–Crippen LogP) is 4.26. The Kier molecular flexibility index (Phi) is 7.64. The number of methoxy groups -OCH3 is 3. The molecule has 0 bridgehead atoms. The van der Waals surface area contributed by atoms with Crippen molar-refractivity contribution in [3.8, 4) is 17.2 Å². The summed E-state index contributed by atoms with van der Waals surface area (Å²) in [5.74, 6) is -0.207. The Labute approximate surface area is 190 Å². The van der Waals surface area contributed by atoms with Crippen molar-refractivity contribution in [2.24, 2.45) is 0 Å². The molecule has 0 aliphatic rings. The molecule has 0 aromatic heterocycles. The summed E-state index contributed by atoms with van der Waals surface area (Å²) in [6.45, 7) is 0. The molecule has 3 aromatic carbocycles. The lowest BCUT2D eigenvalue weighted by Gasteiger charge is -2.13. The van der Waals surface area contributed by atoms with Crippen LogP contribution in [0.25, 0.3) is 6.08 Å². The fourth-order valence-corrected chi connectivity index (χ4v) is 3.00. The van der Waals surface area contributed by atoms with Gasteiger partial charge in [-0.25, -0.2) is 4.39 Å². The first-order valence-electron chi connectivity index (χ1n) is 9.90. The van der Waals surface area contributed by atoms with E-state index in [0.29, 0.717) is 28.5 Å². The van der Waals surface area contributed by atoms with E-state index in [9.17, 15) is 14.0 Å². The van der Waals surface area contributed by atoms with Gasteiger partial charge in [0.25, 0.3) is 11.8 Å². The maximum absolute atomic E-state index is 13.2. The minimum atomic E-state index is -0.596. The van der Waals surface area contributed by atoms with Gasteiger partial charge >= 0.3 is 0 Å². The lowest BCUT2D eigenvalue weighted by molar-refractivity contribution is -0.113. The average Bonchev–Trinajstić information content (AvgIpc) is 2.84. The van der Waals surface area contributed by atoms with E-state index in [1.54, 1.807) is 36.4 Å². The standard InChI is InChI=1S/C25H23FN2O5/c1-31-21-7-5-4-6-16(21)14-20(25(30)27-19-11-9-18(26)10-12-19)28-24(29)17-8-13-22(32-2)23(15-17)33-3/h4-15H,1-3H3,(H,27,30)(H,28,29). The Morgan fingerprint density at radius 1 is 0.818 bits per heavy atom. The molecule has 8 heteroatoms. The van der Waals surface area contributed by atoms with E-state index >= 15 is 0 Å². The quantitative estimate of drug-likeness (QED) is 0.501. The molecule has 0 spiro atoms. The zero-order chi connectivity index (χ0) is 23.8. The van der Waals surface area contributed by atoms with Crippen LogP contribution in [0.2, 0.25) is 0 Å². The second-order valence-electron chi connectivity index (χ2n) is 6.78. The number of para-hydroxylation sites is 1. The van der Waals surface area contributed by atoms with Crippen molar-refractivity contribution in [2.75, 3.05) is 26.6 Å². The first-order chi connectivity index (χ1) is 15.9. The van der Waals surface area contributed by atoms with Gasteiger partial charge in [-0.15, -0.1) is 0 Å². The molecule has 0 aliphatic carbocycles. The van der Waals surface area contributed by atoms with Crippen LogP contribution >= 0.6 is 0 Å². The number of nitrogens with one attached hydrogen (secondary N) is 2. The molecule has 2 N–H and O–H groups in total. The van der Waals surface area contributed by atoms with Gasteiger partial charge in [0.1, 0.15) is 17.3 Å². The number of rotatable bonds is 8. The van der Waals surface area contributed by atoms with Gasteiger partial charge in [0.05, 0.1) is 21.3 Å². The predicted molar refractivity (Wildman–Crippen MR) is 123 cm³/mol. The summed E-state index contributed by atoms with van der Waals surface area (Å²) < 4.78 is 29.0. The van der Waals surface area contributed by atoms with Crippen molar-refractivity contribution in [3.63, 3.8) is 0 Å². The first kappa shape index (κ1) is 23.3. The molecule has 0 unspecified atom stereocenters. The molecule has 2 amide bonds. The number of hydrogen-bond donors (Lipinski definition) is 2. The number of hydrogen-bond acceptors (Lipinski definition) is 5. The van der Waals surface area contributed by atoms with E-state index in [4.69, 9.17) is 14.2 Å². The molecule has 0 fully saturated rings. The second-order valence-corrected chi connectivity index (χ2v) is 6.78. The smallest absolute Gasteiger partial charge is 0.272 e. The molecule has 0 radical (unpaired) electrons. The topological polar surface area (TPSA) is 85.9 Å². The third kappa shape index (κ3) is 5.88. The van der Waals surface area contributed by atoms with Crippen LogP contribution in [0.15, 0.2) is 72.4 Å². The summed E-state index contributed by atoms with van der Waals surface area (Å²) in [6, 6.07) is 17.0. The van der Waals surface area contributed by atoms with Gasteiger partial charge in [0.15, 0.2) is 11.5 Å². The maximum atomic E-state index is 13.2. The summed E-state index contributed by atoms with van der Waals surface area (Å²) in [4.78, 5) is 26.0. The van der Waals surface area contributed by atoms with Crippen LogP contribution in [0.1, 0.15) is 15.9 Å². The monoisotopic (exact) mass is 450 g/mol. The number of benzene rings is 3. The zero-order valence-corrected chi connectivity index (χ0v) is 18.3. The Balaban J connectivity index is 1.94. The molecule has 0 saturated heterocycles. The van der Waals surface area contributed by atoms with E-state index in [2.05, 4.69) is 10.6 Å². The van der Waals surface area contributed by atoms with Gasteiger partial charge in [-0.2, -0.15) is 0 Å². The SMILES string of the molecule is COc1ccccc1C=C(NC(=O)c1ccc(OC)c(OC)c1)C(=O)Nc1ccc(F)cc1. The fraction of sp³-hybridized carbons (Fsp3) is 0.120. The minimum Gasteiger partial charge on any atom is -0.496 e. The highest BCUT2D eigenvalue weighted by Gasteiger charge is 2.17. The van der Waals surface area contributed by atoms with Crippen LogP contribution < -0.4 is 24.8 Å². The molecule has 170 valence electrons. The molecule has 7 nitrogen and oxygen atoms in total. The largest absolute Gasteiger partial charge is 0.496 e. The molecular formula is C25H23FN2O5. The molecule has 33 heavy (non-hydrogen) atoms. The number of ether oxygens (including phenoxy) is 3. The summed E-state index contributed by atoms with van der Waals surface area (Å²) in [6.07, 6.45) is 1.50. The highest BCUT2D eigenvalue weighted by molar-refractivity contribution is 6.10. The normalized spacial score (nSPS) is 10.8. The van der Waals surface area contributed by atoms with Crippen molar-refractivity contribution >= 4 is 23.6 Å². The van der Waals surface area contributed by atoms with Gasteiger partial charge in [0, 0.05) is 16.8 Å². The average molecular weight is 450 g/mol. The van der Waals surface area contributed by atoms with Gasteiger partial charge in [-0.3, -0.25) is 9.59 Å². The van der Waals surface area contributed by atoms with Crippen LogP contribution in [0.5, 0.6) is 17.2 Å². The summed E-state index contributed by atoms with van der Waals surface area (Å²) in [7, 11) is 4.46. The van der Waals surface area contributed by atoms with E-state index in [-0.39, 0.29) is 11.3 Å². The first-order valence-corrected chi connectivity index (χ1v) is 9.90. The molecule has 3 aromatic rings. The summed E-state index contributed by atoms with van der Waals surface area (Å²) >= 11 is 0. The van der Waals surface area contributed by atoms with Gasteiger partial charge in [-0.05, 0) is 54.6 Å². The summed E-state index contributed by atoms with van der Waals surface area (Å²) in [5.41, 5.74) is 1.17. The molecule has 0 saturated carbocycles. The van der Waals surface area contributed by atoms with E-state index in [1.807, 2.05) is 0 Å². The van der Waals surface area contributed by atoms with Crippen molar-refractivity contribution in [2.45, 2.75) is 0 Å². The van der Waals surface area contributed by atoms with Gasteiger partial charge in [0.2, 0.25) is 0 Å². The van der Waals surface area contributed by atoms with E-state index in [1.165, 1.54) is 57.7 Å². The van der Waals surface area contributed by atoms with Crippen molar-refractivity contribution in [1.82, 2.24) is 5.32 Å². The Morgan fingerprint density at radius 2 is 1.48 bits per heavy atom. The highest BCUT2D eigenvalue weighted by atomic mass is 19.1. The van der Waals surface area contributed by atoms with Crippen LogP contribution in [-0.4, -0.2) is 33.1 Å². The minimum absolute atomic E-state index is 0.0383. The van der Waals surface area contributed by atoms with Gasteiger partial charge in [-0.1, -0.05) is 18.2 Å². The third-order valence-corrected chi connectivity index (χ3v) is 4.68. The van der Waals surface area contributed by atoms with Crippen molar-refractivity contribution in [1.29, 1.82) is 0 Å². The summed E-state index contributed by atoms with van der Waals surface area (Å²) in [5, 5.41) is 5.29. The second kappa shape index (κ2) is 10.8. The number of anilines is 1. The number of amides is 2. The number of carbonyl (C=O) groups is 2. The number of carbonyl (C=O) groups excluding carboxylic acids is 2. The van der Waals surface area contributed by atoms with Crippen LogP contribution in [-0.2, 0) is 4.79 Å². The van der Waals surface area contributed by atoms with Crippen molar-refractivity contribution in [3.05, 3.63) is 89.4 Å². The lowest BCUT2D eigenvalue weighted by atomic mass is 10.1. The molecule has 0 atom stereocenters. The molecular weight excluding hydrogens is 427 g/mol. The van der Waals surface area contributed by atoms with Crippen LogP contribution in [0, 0.1) is 5.82 Å². The fourth-order valence-electron chi connectivity index (χ4n) is 3.00. The Morgan fingerprint density at radius 3 is 2.15 bits per heavy atom. The highest BCUT2D eigenvalue weighted by Crippen LogP contribution is 2.28. The molecule has 3 rings (SSSR count). The van der Waals surface area contributed by atoms with Gasteiger partial charge < -0.3 is 24.8 Å². The lowest BCUT2D eigenvalue weighted by Crippen LogP contribution is -2.30. The number of halogens is 1. The Bertz CT molecular complexity index is 1180. The van der Waals surface area contributed by atoms with Crippen LogP contribution in [0.4, 0.5) is 10.1 Å². The van der Waals surface area contributed by atoms with E-state index in [0.717, 1.165) is 0 Å². The third-order valence-electron chi connectivity index (χ3n) is 4.68. The molecule has 0 aliphatic heterocycles. The van der Waals surface area contributed by atoms with Crippen molar-refractivity contribution < 1.29 is 28.2 Å².